The summed E-state index contributed by atoms with van der Waals surface area (Å²) in [5.74, 6) is 1.76. The van der Waals surface area contributed by atoms with Crippen molar-refractivity contribution in [3.05, 3.63) is 6.33 Å². The van der Waals surface area contributed by atoms with Gasteiger partial charge in [-0.1, -0.05) is 0 Å². The molecule has 3 rings (SSSR count). The highest BCUT2D eigenvalue weighted by molar-refractivity contribution is 5.83. The van der Waals surface area contributed by atoms with Gasteiger partial charge in [-0.2, -0.15) is 9.97 Å². The van der Waals surface area contributed by atoms with E-state index in [1.165, 1.54) is 12.8 Å². The summed E-state index contributed by atoms with van der Waals surface area (Å²) in [5.41, 5.74) is 7.07. The number of H-pyrrole nitrogens is 1. The van der Waals surface area contributed by atoms with E-state index in [1.807, 2.05) is 0 Å². The van der Waals surface area contributed by atoms with Crippen LogP contribution < -0.4 is 11.1 Å². The largest absolute Gasteiger partial charge is 0.368 e. The number of aromatic amines is 1. The molecule has 2 aromatic rings. The summed E-state index contributed by atoms with van der Waals surface area (Å²) in [4.78, 5) is 15.4. The number of aromatic nitrogens is 4. The Balaban J connectivity index is 1.97. The quantitative estimate of drug-likeness (QED) is 0.718. The molecule has 84 valence electrons. The number of hydrogen-bond donors (Lipinski definition) is 3. The molecule has 1 atom stereocenters. The fraction of sp³-hybridized carbons (Fsp3) is 0.500. The molecule has 0 saturated heterocycles. The molecular formula is C10H14N6. The van der Waals surface area contributed by atoms with Crippen LogP contribution in [0.1, 0.15) is 19.8 Å². The molecule has 1 aliphatic rings. The molecule has 6 nitrogen and oxygen atoms in total. The van der Waals surface area contributed by atoms with Gasteiger partial charge in [-0.3, -0.25) is 0 Å². The zero-order valence-electron chi connectivity index (χ0n) is 9.07. The fourth-order valence-corrected chi connectivity index (χ4v) is 1.88. The molecular weight excluding hydrogens is 204 g/mol. The molecule has 0 spiro atoms. The molecule has 16 heavy (non-hydrogen) atoms. The topological polar surface area (TPSA) is 92.5 Å². The van der Waals surface area contributed by atoms with E-state index in [1.54, 1.807) is 6.33 Å². The van der Waals surface area contributed by atoms with Crippen LogP contribution in [0, 0.1) is 5.92 Å². The number of fused-ring (bicyclic) bond motifs is 1. The molecule has 1 aliphatic carbocycles. The predicted octanol–water partition coefficient (Wildman–Crippen LogP) is 1.15. The maximum absolute atomic E-state index is 5.64. The van der Waals surface area contributed by atoms with E-state index in [9.17, 15) is 0 Å². The molecule has 2 aromatic heterocycles. The van der Waals surface area contributed by atoms with Crippen LogP contribution in [0.4, 0.5) is 11.8 Å². The van der Waals surface area contributed by atoms with E-state index in [0.29, 0.717) is 11.7 Å². The Hall–Kier alpha value is -1.85. The summed E-state index contributed by atoms with van der Waals surface area (Å²) < 4.78 is 0. The highest BCUT2D eigenvalue weighted by Crippen LogP contribution is 2.34. The van der Waals surface area contributed by atoms with Gasteiger partial charge >= 0.3 is 0 Å². The van der Waals surface area contributed by atoms with Crippen LogP contribution >= 0.6 is 0 Å². The van der Waals surface area contributed by atoms with Crippen LogP contribution in [0.15, 0.2) is 6.33 Å². The van der Waals surface area contributed by atoms with E-state index >= 15 is 0 Å². The Morgan fingerprint density at radius 1 is 1.50 bits per heavy atom. The first-order valence-corrected chi connectivity index (χ1v) is 5.47. The van der Waals surface area contributed by atoms with Crippen LogP contribution in [0.5, 0.6) is 0 Å². The lowest BCUT2D eigenvalue weighted by Crippen LogP contribution is -2.19. The molecule has 0 bridgehead atoms. The second-order valence-corrected chi connectivity index (χ2v) is 4.30. The fourth-order valence-electron chi connectivity index (χ4n) is 1.88. The normalized spacial score (nSPS) is 17.6. The molecule has 0 aromatic carbocycles. The van der Waals surface area contributed by atoms with Gasteiger partial charge in [0.25, 0.3) is 0 Å². The minimum Gasteiger partial charge on any atom is -0.368 e. The van der Waals surface area contributed by atoms with Crippen molar-refractivity contribution in [2.45, 2.75) is 25.8 Å². The van der Waals surface area contributed by atoms with Gasteiger partial charge in [0, 0.05) is 6.04 Å². The van der Waals surface area contributed by atoms with E-state index in [0.717, 1.165) is 17.3 Å². The first kappa shape index (κ1) is 9.38. The SMILES string of the molecule is CC(Nc1nc(N)nc2nc[nH]c12)C1CC1. The van der Waals surface area contributed by atoms with E-state index in [-0.39, 0.29) is 5.95 Å². The van der Waals surface area contributed by atoms with Crippen LogP contribution in [0.2, 0.25) is 0 Å². The summed E-state index contributed by atoms with van der Waals surface area (Å²) in [6.45, 7) is 2.16. The van der Waals surface area contributed by atoms with Gasteiger partial charge in [-0.25, -0.2) is 4.98 Å². The van der Waals surface area contributed by atoms with E-state index in [2.05, 4.69) is 32.2 Å². The van der Waals surface area contributed by atoms with Gasteiger partial charge in [0.1, 0.15) is 5.52 Å². The van der Waals surface area contributed by atoms with Gasteiger partial charge in [0.2, 0.25) is 5.95 Å². The van der Waals surface area contributed by atoms with Crippen molar-refractivity contribution in [3.8, 4) is 0 Å². The van der Waals surface area contributed by atoms with Crippen molar-refractivity contribution in [2.75, 3.05) is 11.1 Å². The first-order valence-electron chi connectivity index (χ1n) is 5.47. The van der Waals surface area contributed by atoms with Crippen molar-refractivity contribution < 1.29 is 0 Å². The number of nitrogens with two attached hydrogens (primary N) is 1. The van der Waals surface area contributed by atoms with Crippen LogP contribution in [-0.4, -0.2) is 26.0 Å². The van der Waals surface area contributed by atoms with Crippen molar-refractivity contribution in [1.82, 2.24) is 19.9 Å². The molecule has 1 fully saturated rings. The zero-order chi connectivity index (χ0) is 11.1. The standard InChI is InChI=1S/C10H14N6/c1-5(6-2-3-6)14-9-7-8(13-4-12-7)15-10(11)16-9/h4-6H,2-3H2,1H3,(H4,11,12,13,14,15,16). The number of rotatable bonds is 3. The van der Waals surface area contributed by atoms with Crippen LogP contribution in [0.25, 0.3) is 11.2 Å². The van der Waals surface area contributed by atoms with Crippen LogP contribution in [0.3, 0.4) is 0 Å². The minimum absolute atomic E-state index is 0.255. The number of hydrogen-bond acceptors (Lipinski definition) is 5. The summed E-state index contributed by atoms with van der Waals surface area (Å²) in [6, 6.07) is 0.417. The third kappa shape index (κ3) is 1.56. The van der Waals surface area contributed by atoms with Gasteiger partial charge in [0.15, 0.2) is 11.5 Å². The number of nitrogens with one attached hydrogen (secondary N) is 2. The maximum atomic E-state index is 5.64. The average Bonchev–Trinajstić information content (AvgIpc) is 2.98. The Morgan fingerprint density at radius 2 is 2.31 bits per heavy atom. The number of anilines is 2. The average molecular weight is 218 g/mol. The van der Waals surface area contributed by atoms with E-state index < -0.39 is 0 Å². The molecule has 2 heterocycles. The van der Waals surface area contributed by atoms with Crippen LogP contribution in [-0.2, 0) is 0 Å². The van der Waals surface area contributed by atoms with Gasteiger partial charge in [-0.05, 0) is 25.7 Å². The van der Waals surface area contributed by atoms with Gasteiger partial charge in [-0.15, -0.1) is 0 Å². The Bertz CT molecular complexity index is 515. The van der Waals surface area contributed by atoms with Gasteiger partial charge < -0.3 is 16.0 Å². The molecule has 0 amide bonds. The molecule has 0 radical (unpaired) electrons. The highest BCUT2D eigenvalue weighted by atomic mass is 15.1. The number of nitrogen functional groups attached to an aromatic ring is 1. The Morgan fingerprint density at radius 3 is 3.06 bits per heavy atom. The first-order chi connectivity index (χ1) is 7.74. The Labute approximate surface area is 92.7 Å². The van der Waals surface area contributed by atoms with Crippen molar-refractivity contribution >= 4 is 22.9 Å². The monoisotopic (exact) mass is 218 g/mol. The smallest absolute Gasteiger partial charge is 0.224 e. The molecule has 4 N–H and O–H groups in total. The summed E-state index contributed by atoms with van der Waals surface area (Å²) in [7, 11) is 0. The maximum Gasteiger partial charge on any atom is 0.224 e. The zero-order valence-corrected chi connectivity index (χ0v) is 9.07. The summed E-state index contributed by atoms with van der Waals surface area (Å²) >= 11 is 0. The summed E-state index contributed by atoms with van der Waals surface area (Å²) in [5, 5.41) is 3.37. The lowest BCUT2D eigenvalue weighted by atomic mass is 10.2. The molecule has 6 heteroatoms. The third-order valence-corrected chi connectivity index (χ3v) is 3.00. The molecule has 1 unspecified atom stereocenters. The highest BCUT2D eigenvalue weighted by Gasteiger charge is 2.28. The second-order valence-electron chi connectivity index (χ2n) is 4.30. The van der Waals surface area contributed by atoms with Gasteiger partial charge in [0.05, 0.1) is 6.33 Å². The minimum atomic E-state index is 0.255. The second kappa shape index (κ2) is 3.33. The predicted molar refractivity (Wildman–Crippen MR) is 61.9 cm³/mol. The number of nitrogens with zero attached hydrogens (tertiary/aromatic N) is 3. The molecule has 1 saturated carbocycles. The summed E-state index contributed by atoms with van der Waals surface area (Å²) in [6.07, 6.45) is 4.19. The Kier molecular flexibility index (Phi) is 1.95. The van der Waals surface area contributed by atoms with Crippen molar-refractivity contribution in [3.63, 3.8) is 0 Å². The van der Waals surface area contributed by atoms with Crippen molar-refractivity contribution in [1.29, 1.82) is 0 Å². The lowest BCUT2D eigenvalue weighted by molar-refractivity contribution is 0.691. The third-order valence-electron chi connectivity index (χ3n) is 3.00. The van der Waals surface area contributed by atoms with E-state index in [4.69, 9.17) is 5.73 Å². The number of imidazole rings is 1. The lowest BCUT2D eigenvalue weighted by Gasteiger charge is -2.13. The molecule has 0 aliphatic heterocycles. The van der Waals surface area contributed by atoms with Crippen molar-refractivity contribution in [2.24, 2.45) is 5.92 Å².